The molecule has 0 heterocycles. The molecule has 0 amide bonds. The smallest absolute Gasteiger partial charge is 0.0831 e. The van der Waals surface area contributed by atoms with Gasteiger partial charge in [0, 0.05) is 0 Å². The number of aliphatic hydroxyl groups is 1. The molecule has 1 heteroatoms. The predicted molar refractivity (Wildman–Crippen MR) is 63.7 cm³/mol. The van der Waals surface area contributed by atoms with Gasteiger partial charge in [0.05, 0.1) is 5.60 Å². The van der Waals surface area contributed by atoms with E-state index in [1.54, 1.807) is 0 Å². The van der Waals surface area contributed by atoms with Crippen LogP contribution in [0.4, 0.5) is 0 Å². The molecule has 1 N–H and O–H groups in total. The highest BCUT2D eigenvalue weighted by Gasteiger charge is 2.31. The summed E-state index contributed by atoms with van der Waals surface area (Å²) in [6.07, 6.45) is 13.6. The van der Waals surface area contributed by atoms with E-state index in [2.05, 4.69) is 6.08 Å². The molecule has 0 radical (unpaired) electrons. The van der Waals surface area contributed by atoms with Crippen LogP contribution in [0.2, 0.25) is 0 Å². The molecule has 2 aliphatic rings. The second-order valence-electron chi connectivity index (χ2n) is 5.60. The molecule has 0 aromatic carbocycles. The maximum atomic E-state index is 10.5. The lowest BCUT2D eigenvalue weighted by molar-refractivity contribution is 0.0499. The highest BCUT2D eigenvalue weighted by molar-refractivity contribution is 5.16. The molecule has 15 heavy (non-hydrogen) atoms. The van der Waals surface area contributed by atoms with Crippen LogP contribution in [0, 0.1) is 5.92 Å². The summed E-state index contributed by atoms with van der Waals surface area (Å²) in [4.78, 5) is 0. The molecular formula is C14H24O. The molecule has 1 unspecified atom stereocenters. The Morgan fingerprint density at radius 1 is 1.27 bits per heavy atom. The van der Waals surface area contributed by atoms with E-state index >= 15 is 0 Å². The third-order valence-corrected chi connectivity index (χ3v) is 4.14. The Kier molecular flexibility index (Phi) is 3.50. The minimum absolute atomic E-state index is 0.505. The summed E-state index contributed by atoms with van der Waals surface area (Å²) in [5.41, 5.74) is 0.821. The van der Waals surface area contributed by atoms with Crippen LogP contribution in [-0.4, -0.2) is 10.7 Å². The Bertz CT molecular complexity index is 236. The van der Waals surface area contributed by atoms with Crippen molar-refractivity contribution in [2.24, 2.45) is 5.92 Å². The Labute approximate surface area is 93.6 Å². The van der Waals surface area contributed by atoms with Gasteiger partial charge in [0.15, 0.2) is 0 Å². The van der Waals surface area contributed by atoms with Crippen molar-refractivity contribution in [3.8, 4) is 0 Å². The first kappa shape index (κ1) is 11.2. The van der Waals surface area contributed by atoms with Gasteiger partial charge in [0.1, 0.15) is 0 Å². The fraction of sp³-hybridized carbons (Fsp3) is 0.857. The predicted octanol–water partition coefficient (Wildman–Crippen LogP) is 3.82. The molecule has 0 spiro atoms. The SMILES string of the molecule is CC(O)(CC1CCC1)C1=CCCCCC1. The summed E-state index contributed by atoms with van der Waals surface area (Å²) in [5, 5.41) is 10.5. The standard InChI is InChI=1S/C14H24O/c1-14(15,11-12-7-6-8-12)13-9-4-2-3-5-10-13/h9,12,15H,2-8,10-11H2,1H3. The fourth-order valence-corrected chi connectivity index (χ4v) is 2.89. The quantitative estimate of drug-likeness (QED) is 0.699. The van der Waals surface area contributed by atoms with Gasteiger partial charge in [-0.05, 0) is 50.5 Å². The molecule has 1 saturated carbocycles. The second kappa shape index (κ2) is 4.69. The zero-order chi connectivity index (χ0) is 10.7. The summed E-state index contributed by atoms with van der Waals surface area (Å²) in [6, 6.07) is 0. The van der Waals surface area contributed by atoms with Gasteiger partial charge in [-0.15, -0.1) is 0 Å². The van der Waals surface area contributed by atoms with Crippen molar-refractivity contribution in [2.45, 2.75) is 70.3 Å². The molecular weight excluding hydrogens is 184 g/mol. The van der Waals surface area contributed by atoms with Gasteiger partial charge >= 0.3 is 0 Å². The molecule has 0 aliphatic heterocycles. The Morgan fingerprint density at radius 3 is 2.73 bits per heavy atom. The lowest BCUT2D eigenvalue weighted by Gasteiger charge is -2.35. The monoisotopic (exact) mass is 208 g/mol. The van der Waals surface area contributed by atoms with E-state index in [-0.39, 0.29) is 0 Å². The van der Waals surface area contributed by atoms with Crippen molar-refractivity contribution in [3.05, 3.63) is 11.6 Å². The summed E-state index contributed by atoms with van der Waals surface area (Å²) in [6.45, 7) is 2.03. The summed E-state index contributed by atoms with van der Waals surface area (Å²) in [7, 11) is 0. The molecule has 0 saturated heterocycles. The van der Waals surface area contributed by atoms with Gasteiger partial charge in [-0.1, -0.05) is 31.8 Å². The van der Waals surface area contributed by atoms with E-state index in [1.165, 1.54) is 50.5 Å². The Hall–Kier alpha value is -0.300. The summed E-state index contributed by atoms with van der Waals surface area (Å²) >= 11 is 0. The van der Waals surface area contributed by atoms with E-state index in [1.807, 2.05) is 6.92 Å². The van der Waals surface area contributed by atoms with Crippen molar-refractivity contribution in [1.29, 1.82) is 0 Å². The first-order valence-electron chi connectivity index (χ1n) is 6.60. The zero-order valence-corrected chi connectivity index (χ0v) is 9.97. The molecule has 0 bridgehead atoms. The van der Waals surface area contributed by atoms with E-state index in [9.17, 15) is 5.11 Å². The van der Waals surface area contributed by atoms with Crippen LogP contribution >= 0.6 is 0 Å². The summed E-state index contributed by atoms with van der Waals surface area (Å²) in [5.74, 6) is 0.796. The maximum Gasteiger partial charge on any atom is 0.0831 e. The van der Waals surface area contributed by atoms with Crippen LogP contribution in [0.25, 0.3) is 0 Å². The van der Waals surface area contributed by atoms with Gasteiger partial charge in [0.2, 0.25) is 0 Å². The molecule has 0 aromatic rings. The average molecular weight is 208 g/mol. The van der Waals surface area contributed by atoms with Crippen molar-refractivity contribution in [1.82, 2.24) is 0 Å². The molecule has 1 nitrogen and oxygen atoms in total. The van der Waals surface area contributed by atoms with E-state index in [4.69, 9.17) is 0 Å². The van der Waals surface area contributed by atoms with Gasteiger partial charge in [-0.25, -0.2) is 0 Å². The van der Waals surface area contributed by atoms with Crippen molar-refractivity contribution in [3.63, 3.8) is 0 Å². The zero-order valence-electron chi connectivity index (χ0n) is 9.97. The van der Waals surface area contributed by atoms with E-state index in [0.717, 1.165) is 18.8 Å². The Balaban J connectivity index is 1.95. The van der Waals surface area contributed by atoms with Gasteiger partial charge in [0.25, 0.3) is 0 Å². The lowest BCUT2D eigenvalue weighted by Crippen LogP contribution is -2.32. The number of hydrogen-bond acceptors (Lipinski definition) is 1. The number of hydrogen-bond donors (Lipinski definition) is 1. The molecule has 1 fully saturated rings. The highest BCUT2D eigenvalue weighted by atomic mass is 16.3. The van der Waals surface area contributed by atoms with Crippen LogP contribution in [0.15, 0.2) is 11.6 Å². The third kappa shape index (κ3) is 2.84. The maximum absolute atomic E-state index is 10.5. The van der Waals surface area contributed by atoms with Crippen LogP contribution in [0.1, 0.15) is 64.7 Å². The molecule has 0 aromatic heterocycles. The first-order chi connectivity index (χ1) is 7.18. The van der Waals surface area contributed by atoms with Crippen LogP contribution in [0.3, 0.4) is 0 Å². The molecule has 2 rings (SSSR count). The second-order valence-corrected chi connectivity index (χ2v) is 5.60. The minimum atomic E-state index is -0.505. The molecule has 2 aliphatic carbocycles. The van der Waals surface area contributed by atoms with E-state index < -0.39 is 5.60 Å². The van der Waals surface area contributed by atoms with Crippen LogP contribution in [0.5, 0.6) is 0 Å². The first-order valence-corrected chi connectivity index (χ1v) is 6.60. The highest BCUT2D eigenvalue weighted by Crippen LogP contribution is 2.38. The lowest BCUT2D eigenvalue weighted by atomic mass is 9.75. The van der Waals surface area contributed by atoms with E-state index in [0.29, 0.717) is 0 Å². The average Bonchev–Trinajstić information content (AvgIpc) is 2.40. The van der Waals surface area contributed by atoms with Gasteiger partial charge < -0.3 is 5.11 Å². The topological polar surface area (TPSA) is 20.2 Å². The third-order valence-electron chi connectivity index (χ3n) is 4.14. The van der Waals surface area contributed by atoms with Gasteiger partial charge in [-0.3, -0.25) is 0 Å². The molecule has 1 atom stereocenters. The largest absolute Gasteiger partial charge is 0.386 e. The van der Waals surface area contributed by atoms with Crippen LogP contribution in [-0.2, 0) is 0 Å². The number of rotatable bonds is 3. The summed E-state index contributed by atoms with van der Waals surface area (Å²) < 4.78 is 0. The Morgan fingerprint density at radius 2 is 2.07 bits per heavy atom. The van der Waals surface area contributed by atoms with Crippen molar-refractivity contribution < 1.29 is 5.11 Å². The number of allylic oxidation sites excluding steroid dienone is 1. The van der Waals surface area contributed by atoms with Crippen molar-refractivity contribution >= 4 is 0 Å². The normalized spacial score (nSPS) is 27.5. The van der Waals surface area contributed by atoms with Crippen LogP contribution < -0.4 is 0 Å². The fourth-order valence-electron chi connectivity index (χ4n) is 2.89. The van der Waals surface area contributed by atoms with Gasteiger partial charge in [-0.2, -0.15) is 0 Å². The minimum Gasteiger partial charge on any atom is -0.386 e. The molecule has 86 valence electrons. The van der Waals surface area contributed by atoms with Crippen molar-refractivity contribution in [2.75, 3.05) is 0 Å².